The highest BCUT2D eigenvalue weighted by molar-refractivity contribution is 5.84. The third-order valence-corrected chi connectivity index (χ3v) is 3.87. The zero-order valence-corrected chi connectivity index (χ0v) is 11.9. The van der Waals surface area contributed by atoms with E-state index in [9.17, 15) is 14.7 Å². The van der Waals surface area contributed by atoms with Crippen LogP contribution in [0.5, 0.6) is 0 Å². The van der Waals surface area contributed by atoms with Crippen LogP contribution in [0.1, 0.15) is 24.4 Å². The van der Waals surface area contributed by atoms with Gasteiger partial charge >= 0.3 is 5.97 Å². The molecule has 1 unspecified atom stereocenters. The van der Waals surface area contributed by atoms with Crippen LogP contribution in [0, 0.1) is 5.41 Å². The van der Waals surface area contributed by atoms with Crippen LogP contribution in [0.2, 0.25) is 0 Å². The summed E-state index contributed by atoms with van der Waals surface area (Å²) in [5, 5.41) is 16.0. The maximum atomic E-state index is 12.1. The fourth-order valence-corrected chi connectivity index (χ4v) is 2.35. The Balaban J connectivity index is 1.97. The van der Waals surface area contributed by atoms with Gasteiger partial charge in [-0.3, -0.25) is 14.3 Å². The van der Waals surface area contributed by atoms with Gasteiger partial charge in [-0.15, -0.1) is 0 Å². The summed E-state index contributed by atoms with van der Waals surface area (Å²) in [4.78, 5) is 23.5. The van der Waals surface area contributed by atoms with Crippen LogP contribution in [-0.4, -0.2) is 46.5 Å². The Hall–Kier alpha value is -1.93. The molecule has 1 aromatic heterocycles. The van der Waals surface area contributed by atoms with Gasteiger partial charge in [0.15, 0.2) is 0 Å². The minimum absolute atomic E-state index is 0.0541. The smallest absolute Gasteiger partial charge is 0.311 e. The van der Waals surface area contributed by atoms with E-state index in [0.717, 1.165) is 0 Å². The van der Waals surface area contributed by atoms with Gasteiger partial charge in [-0.2, -0.15) is 5.10 Å². The average Bonchev–Trinajstić information content (AvgIpc) is 2.91. The van der Waals surface area contributed by atoms with Crippen molar-refractivity contribution in [2.45, 2.75) is 18.9 Å². The molecule has 4 N–H and O–H groups in total. The number of aryl methyl sites for hydroxylation is 1. The fraction of sp³-hybridized carbons (Fsp3) is 0.615. The molecule has 1 fully saturated rings. The van der Waals surface area contributed by atoms with Gasteiger partial charge in [0.25, 0.3) is 0 Å². The van der Waals surface area contributed by atoms with E-state index in [1.807, 2.05) is 0 Å². The van der Waals surface area contributed by atoms with E-state index >= 15 is 0 Å². The number of aromatic nitrogens is 2. The van der Waals surface area contributed by atoms with Crippen molar-refractivity contribution in [1.29, 1.82) is 0 Å². The monoisotopic (exact) mass is 296 g/mol. The highest BCUT2D eigenvalue weighted by atomic mass is 16.5. The van der Waals surface area contributed by atoms with Gasteiger partial charge in [0.1, 0.15) is 6.04 Å². The molecule has 1 atom stereocenters. The van der Waals surface area contributed by atoms with Gasteiger partial charge in [0, 0.05) is 38.6 Å². The van der Waals surface area contributed by atoms with Crippen LogP contribution in [0.25, 0.3) is 0 Å². The number of carboxylic acid groups (broad SMARTS) is 1. The van der Waals surface area contributed by atoms with Crippen LogP contribution in [0.15, 0.2) is 12.4 Å². The molecule has 0 radical (unpaired) electrons. The largest absolute Gasteiger partial charge is 0.481 e. The lowest BCUT2D eigenvalue weighted by Crippen LogP contribution is -2.48. The first-order chi connectivity index (χ1) is 9.94. The zero-order valence-electron chi connectivity index (χ0n) is 11.9. The van der Waals surface area contributed by atoms with Crippen molar-refractivity contribution in [3.05, 3.63) is 18.0 Å². The van der Waals surface area contributed by atoms with Crippen LogP contribution < -0.4 is 11.1 Å². The number of hydrogen-bond acceptors (Lipinski definition) is 5. The number of nitrogens with one attached hydrogen (secondary N) is 1. The normalized spacial score (nSPS) is 19.0. The SMILES string of the molecule is Cn1cc(C(N)C(=O)NCC2(C(=O)O)CCOCC2)cn1. The number of nitrogens with two attached hydrogens (primary N) is 1. The molecule has 1 saturated heterocycles. The molecule has 1 amide bonds. The van der Waals surface area contributed by atoms with E-state index in [-0.39, 0.29) is 6.54 Å². The predicted octanol–water partition coefficient (Wildman–Crippen LogP) is -0.582. The molecule has 0 spiro atoms. The number of carboxylic acids is 1. The number of carbonyl (C=O) groups excluding carboxylic acids is 1. The molecule has 2 rings (SSSR count). The zero-order chi connectivity index (χ0) is 15.5. The first kappa shape index (κ1) is 15.5. The molecule has 0 bridgehead atoms. The van der Waals surface area contributed by atoms with Gasteiger partial charge in [0.2, 0.25) is 5.91 Å². The summed E-state index contributed by atoms with van der Waals surface area (Å²) in [7, 11) is 1.73. The van der Waals surface area contributed by atoms with Crippen molar-refractivity contribution >= 4 is 11.9 Å². The molecule has 8 heteroatoms. The van der Waals surface area contributed by atoms with E-state index in [0.29, 0.717) is 31.6 Å². The number of aliphatic carboxylic acids is 1. The quantitative estimate of drug-likeness (QED) is 0.668. The summed E-state index contributed by atoms with van der Waals surface area (Å²) in [6, 6.07) is -0.857. The lowest BCUT2D eigenvalue weighted by Gasteiger charge is -2.33. The minimum Gasteiger partial charge on any atom is -0.481 e. The number of amides is 1. The second-order valence-electron chi connectivity index (χ2n) is 5.34. The Morgan fingerprint density at radius 3 is 2.76 bits per heavy atom. The van der Waals surface area contributed by atoms with Gasteiger partial charge in [-0.05, 0) is 12.8 Å². The molecule has 0 aromatic carbocycles. The highest BCUT2D eigenvalue weighted by Crippen LogP contribution is 2.30. The molecule has 1 aliphatic rings. The van der Waals surface area contributed by atoms with Crippen LogP contribution in [0.4, 0.5) is 0 Å². The molecule has 1 aromatic rings. The van der Waals surface area contributed by atoms with E-state index in [4.69, 9.17) is 10.5 Å². The van der Waals surface area contributed by atoms with Crippen LogP contribution in [0.3, 0.4) is 0 Å². The predicted molar refractivity (Wildman–Crippen MR) is 73.3 cm³/mol. The maximum absolute atomic E-state index is 12.1. The second kappa shape index (κ2) is 6.23. The Labute approximate surface area is 122 Å². The molecular formula is C13H20N4O4. The van der Waals surface area contributed by atoms with Gasteiger partial charge in [-0.25, -0.2) is 0 Å². The minimum atomic E-state index is -0.970. The van der Waals surface area contributed by atoms with Crippen LogP contribution in [-0.2, 0) is 21.4 Å². The lowest BCUT2D eigenvalue weighted by atomic mass is 9.80. The lowest BCUT2D eigenvalue weighted by molar-refractivity contribution is -0.154. The Morgan fingerprint density at radius 1 is 1.57 bits per heavy atom. The third kappa shape index (κ3) is 3.40. The maximum Gasteiger partial charge on any atom is 0.311 e. The summed E-state index contributed by atoms with van der Waals surface area (Å²) in [6.07, 6.45) is 3.94. The topological polar surface area (TPSA) is 119 Å². The molecule has 0 aliphatic carbocycles. The summed E-state index contributed by atoms with van der Waals surface area (Å²) < 4.78 is 6.74. The van der Waals surface area contributed by atoms with Gasteiger partial charge in [0.05, 0.1) is 11.6 Å². The number of hydrogen-bond donors (Lipinski definition) is 3. The number of nitrogens with zero attached hydrogens (tertiary/aromatic N) is 2. The number of rotatable bonds is 5. The molecular weight excluding hydrogens is 276 g/mol. The molecule has 116 valence electrons. The molecule has 8 nitrogen and oxygen atoms in total. The molecule has 1 aliphatic heterocycles. The van der Waals surface area contributed by atoms with Crippen molar-refractivity contribution in [2.75, 3.05) is 19.8 Å². The summed E-state index contributed by atoms with van der Waals surface area (Å²) in [6.45, 7) is 0.826. The average molecular weight is 296 g/mol. The standard InChI is InChI=1S/C13H20N4O4/c1-17-7-9(6-16-17)10(14)11(18)15-8-13(12(19)20)2-4-21-5-3-13/h6-7,10H,2-5,8,14H2,1H3,(H,15,18)(H,19,20). The number of ether oxygens (including phenoxy) is 1. The van der Waals surface area contributed by atoms with Crippen molar-refractivity contribution in [3.63, 3.8) is 0 Å². The fourth-order valence-electron chi connectivity index (χ4n) is 2.35. The Kier molecular flexibility index (Phi) is 4.59. The van der Waals surface area contributed by atoms with E-state index < -0.39 is 23.3 Å². The second-order valence-corrected chi connectivity index (χ2v) is 5.34. The highest BCUT2D eigenvalue weighted by Gasteiger charge is 2.40. The molecule has 0 saturated carbocycles. The van der Waals surface area contributed by atoms with Gasteiger partial charge < -0.3 is 20.9 Å². The van der Waals surface area contributed by atoms with E-state index in [1.165, 1.54) is 6.20 Å². The van der Waals surface area contributed by atoms with E-state index in [2.05, 4.69) is 10.4 Å². The summed E-state index contributed by atoms with van der Waals surface area (Å²) in [5.41, 5.74) is 5.47. The summed E-state index contributed by atoms with van der Waals surface area (Å²) >= 11 is 0. The van der Waals surface area contributed by atoms with E-state index in [1.54, 1.807) is 17.9 Å². The third-order valence-electron chi connectivity index (χ3n) is 3.87. The van der Waals surface area contributed by atoms with Crippen molar-refractivity contribution in [2.24, 2.45) is 18.2 Å². The summed E-state index contributed by atoms with van der Waals surface area (Å²) in [5.74, 6) is -1.32. The molecule has 21 heavy (non-hydrogen) atoms. The van der Waals surface area contributed by atoms with Crippen molar-refractivity contribution in [3.8, 4) is 0 Å². The molecule has 2 heterocycles. The Bertz CT molecular complexity index is 522. The number of carbonyl (C=O) groups is 2. The van der Waals surface area contributed by atoms with Crippen molar-refractivity contribution in [1.82, 2.24) is 15.1 Å². The first-order valence-corrected chi connectivity index (χ1v) is 6.78. The first-order valence-electron chi connectivity index (χ1n) is 6.78. The Morgan fingerprint density at radius 2 is 2.24 bits per heavy atom. The van der Waals surface area contributed by atoms with Crippen LogP contribution >= 0.6 is 0 Å². The van der Waals surface area contributed by atoms with Gasteiger partial charge in [-0.1, -0.05) is 0 Å². The van der Waals surface area contributed by atoms with Crippen molar-refractivity contribution < 1.29 is 19.4 Å².